The molecule has 3 aliphatic rings. The fraction of sp³-hybridized carbons (Fsp3) is 0.412. The zero-order valence-electron chi connectivity index (χ0n) is 11.3. The Labute approximate surface area is 118 Å². The van der Waals surface area contributed by atoms with Gasteiger partial charge in [0.1, 0.15) is 0 Å². The second-order valence-corrected chi connectivity index (χ2v) is 6.08. The van der Waals surface area contributed by atoms with Crippen molar-refractivity contribution in [3.8, 4) is 0 Å². The molecule has 1 N–H and O–H groups in total. The van der Waals surface area contributed by atoms with Crippen LogP contribution < -0.4 is 5.43 Å². The van der Waals surface area contributed by atoms with Crippen LogP contribution in [-0.4, -0.2) is 11.6 Å². The van der Waals surface area contributed by atoms with Crippen molar-refractivity contribution in [3.05, 3.63) is 48.0 Å². The van der Waals surface area contributed by atoms with Gasteiger partial charge in [0, 0.05) is 17.5 Å². The molecule has 4 atom stereocenters. The van der Waals surface area contributed by atoms with Gasteiger partial charge in [-0.1, -0.05) is 42.5 Å². The van der Waals surface area contributed by atoms with Crippen LogP contribution in [0.25, 0.3) is 0 Å². The van der Waals surface area contributed by atoms with E-state index in [-0.39, 0.29) is 11.8 Å². The van der Waals surface area contributed by atoms with Crippen molar-refractivity contribution in [1.82, 2.24) is 5.43 Å². The quantitative estimate of drug-likeness (QED) is 0.663. The molecule has 20 heavy (non-hydrogen) atoms. The van der Waals surface area contributed by atoms with E-state index in [9.17, 15) is 4.79 Å². The minimum absolute atomic E-state index is 0.0840. The van der Waals surface area contributed by atoms with Crippen LogP contribution in [-0.2, 0) is 4.79 Å². The molecule has 0 bridgehead atoms. The predicted molar refractivity (Wildman–Crippen MR) is 78.2 cm³/mol. The molecule has 3 nitrogen and oxygen atoms in total. The van der Waals surface area contributed by atoms with Crippen LogP contribution in [0.4, 0.5) is 0 Å². The van der Waals surface area contributed by atoms with Gasteiger partial charge < -0.3 is 0 Å². The highest BCUT2D eigenvalue weighted by Crippen LogP contribution is 2.47. The maximum atomic E-state index is 12.1. The first-order chi connectivity index (χ1) is 9.83. The molecule has 2 saturated carbocycles. The normalized spacial score (nSPS) is 35.5. The summed E-state index contributed by atoms with van der Waals surface area (Å²) >= 11 is 0. The van der Waals surface area contributed by atoms with Crippen molar-refractivity contribution < 1.29 is 4.79 Å². The van der Waals surface area contributed by atoms with Gasteiger partial charge in [-0.15, -0.1) is 0 Å². The van der Waals surface area contributed by atoms with Crippen LogP contribution >= 0.6 is 0 Å². The monoisotopic (exact) mass is 266 g/mol. The van der Waals surface area contributed by atoms with Crippen molar-refractivity contribution in [2.75, 3.05) is 0 Å². The first-order valence-electron chi connectivity index (χ1n) is 7.41. The lowest BCUT2D eigenvalue weighted by molar-refractivity contribution is -0.122. The summed E-state index contributed by atoms with van der Waals surface area (Å²) in [5.74, 6) is 1.84. The van der Waals surface area contributed by atoms with Gasteiger partial charge in [0.2, 0.25) is 5.91 Å². The highest BCUT2D eigenvalue weighted by Gasteiger charge is 2.44. The van der Waals surface area contributed by atoms with Crippen LogP contribution in [0.15, 0.2) is 47.6 Å². The van der Waals surface area contributed by atoms with Gasteiger partial charge in [-0.25, -0.2) is 5.43 Å². The van der Waals surface area contributed by atoms with E-state index in [2.05, 4.69) is 34.8 Å². The third kappa shape index (κ3) is 1.98. The number of nitrogens with zero attached hydrogens (tertiary/aromatic N) is 1. The van der Waals surface area contributed by atoms with Crippen molar-refractivity contribution in [2.24, 2.45) is 22.9 Å². The Morgan fingerprint density at radius 1 is 1.20 bits per heavy atom. The molecule has 3 aliphatic carbocycles. The number of carbonyl (C=O) groups excluding carboxylic acids is 1. The zero-order chi connectivity index (χ0) is 13.5. The minimum Gasteiger partial charge on any atom is -0.273 e. The summed E-state index contributed by atoms with van der Waals surface area (Å²) in [4.78, 5) is 12.1. The Morgan fingerprint density at radius 3 is 2.85 bits per heavy atom. The van der Waals surface area contributed by atoms with E-state index in [4.69, 9.17) is 0 Å². The van der Waals surface area contributed by atoms with Gasteiger partial charge in [-0.2, -0.15) is 5.10 Å². The molecule has 3 heteroatoms. The smallest absolute Gasteiger partial charge is 0.243 e. The van der Waals surface area contributed by atoms with E-state index in [1.54, 1.807) is 0 Å². The molecule has 0 saturated heterocycles. The van der Waals surface area contributed by atoms with Crippen molar-refractivity contribution in [3.63, 3.8) is 0 Å². The third-order valence-corrected chi connectivity index (χ3v) is 4.83. The third-order valence-electron chi connectivity index (χ3n) is 4.83. The summed E-state index contributed by atoms with van der Waals surface area (Å²) in [7, 11) is 0. The summed E-state index contributed by atoms with van der Waals surface area (Å²) < 4.78 is 0. The molecule has 1 amide bonds. The van der Waals surface area contributed by atoms with Crippen molar-refractivity contribution in [2.45, 2.75) is 25.2 Å². The number of hydrogen-bond donors (Lipinski definition) is 1. The number of carbonyl (C=O) groups is 1. The van der Waals surface area contributed by atoms with Crippen LogP contribution in [0.2, 0.25) is 0 Å². The molecule has 0 aliphatic heterocycles. The Morgan fingerprint density at radius 2 is 2.05 bits per heavy atom. The highest BCUT2D eigenvalue weighted by atomic mass is 16.2. The molecule has 4 unspecified atom stereocenters. The van der Waals surface area contributed by atoms with Crippen LogP contribution in [0.5, 0.6) is 0 Å². The molecule has 102 valence electrons. The topological polar surface area (TPSA) is 41.5 Å². The van der Waals surface area contributed by atoms with E-state index < -0.39 is 0 Å². The van der Waals surface area contributed by atoms with E-state index in [0.29, 0.717) is 17.8 Å². The van der Waals surface area contributed by atoms with Crippen molar-refractivity contribution >= 4 is 11.6 Å². The standard InChI is InChI=1S/C17H18N2O/c20-17(15-10-14(15)11-5-2-1-3-6-11)19-18-16-9-12-7-4-8-13(12)16/h1-7,12-15H,8-10H2,(H,19,20). The fourth-order valence-corrected chi connectivity index (χ4v) is 3.43. The highest BCUT2D eigenvalue weighted by molar-refractivity contribution is 5.95. The Bertz CT molecular complexity index is 590. The van der Waals surface area contributed by atoms with E-state index in [1.807, 2.05) is 18.2 Å². The molecule has 1 aromatic carbocycles. The largest absolute Gasteiger partial charge is 0.273 e. The van der Waals surface area contributed by atoms with Gasteiger partial charge >= 0.3 is 0 Å². The Kier molecular flexibility index (Phi) is 2.72. The van der Waals surface area contributed by atoms with E-state index in [0.717, 1.165) is 19.3 Å². The lowest BCUT2D eigenvalue weighted by Gasteiger charge is -2.31. The molecule has 1 aromatic rings. The maximum absolute atomic E-state index is 12.1. The molecule has 0 heterocycles. The van der Waals surface area contributed by atoms with Gasteiger partial charge in [0.05, 0.1) is 0 Å². The summed E-state index contributed by atoms with van der Waals surface area (Å²) in [6, 6.07) is 10.3. The van der Waals surface area contributed by atoms with Gasteiger partial charge in [0.15, 0.2) is 0 Å². The molecule has 4 rings (SSSR count). The summed E-state index contributed by atoms with van der Waals surface area (Å²) in [5.41, 5.74) is 5.22. The number of hydrazone groups is 1. The number of benzene rings is 1. The number of amides is 1. The summed E-state index contributed by atoms with van der Waals surface area (Å²) in [5, 5.41) is 4.34. The lowest BCUT2D eigenvalue weighted by atomic mass is 9.74. The molecule has 0 aromatic heterocycles. The van der Waals surface area contributed by atoms with Crippen molar-refractivity contribution in [1.29, 1.82) is 0 Å². The average molecular weight is 266 g/mol. The van der Waals surface area contributed by atoms with E-state index in [1.165, 1.54) is 11.3 Å². The Balaban J connectivity index is 1.33. The molecule has 0 radical (unpaired) electrons. The number of hydrogen-bond acceptors (Lipinski definition) is 2. The molecular formula is C17H18N2O. The second-order valence-electron chi connectivity index (χ2n) is 6.08. The summed E-state index contributed by atoms with van der Waals surface area (Å²) in [6.45, 7) is 0. The average Bonchev–Trinajstić information content (AvgIpc) is 3.18. The predicted octanol–water partition coefficient (Wildman–Crippen LogP) is 2.86. The van der Waals surface area contributed by atoms with Crippen LogP contribution in [0.3, 0.4) is 0 Å². The van der Waals surface area contributed by atoms with Gasteiger partial charge in [-0.05, 0) is 36.7 Å². The molecule has 2 fully saturated rings. The number of nitrogens with one attached hydrogen (secondary N) is 1. The molecular weight excluding hydrogens is 248 g/mol. The first-order valence-corrected chi connectivity index (χ1v) is 7.41. The maximum Gasteiger partial charge on any atom is 0.243 e. The minimum atomic E-state index is 0.0840. The van der Waals surface area contributed by atoms with Crippen LogP contribution in [0, 0.1) is 17.8 Å². The lowest BCUT2D eigenvalue weighted by Crippen LogP contribution is -2.35. The summed E-state index contributed by atoms with van der Waals surface area (Å²) in [6.07, 6.45) is 7.57. The fourth-order valence-electron chi connectivity index (χ4n) is 3.43. The Hall–Kier alpha value is -1.90. The SMILES string of the molecule is O=C(NN=C1CC2C=CCC12)C1CC1c1ccccc1. The number of fused-ring (bicyclic) bond motifs is 1. The number of allylic oxidation sites excluding steroid dienone is 2. The van der Waals surface area contributed by atoms with Gasteiger partial charge in [0.25, 0.3) is 0 Å². The van der Waals surface area contributed by atoms with E-state index >= 15 is 0 Å². The second kappa shape index (κ2) is 4.58. The first kappa shape index (κ1) is 11.9. The van der Waals surface area contributed by atoms with Crippen LogP contribution in [0.1, 0.15) is 30.7 Å². The zero-order valence-corrected chi connectivity index (χ0v) is 11.3. The number of rotatable bonds is 3. The van der Waals surface area contributed by atoms with Gasteiger partial charge in [-0.3, -0.25) is 4.79 Å². The molecule has 0 spiro atoms.